The number of oxazole rings is 1. The number of carbonyl (C=O) groups excluding carboxylic acids is 1. The largest absolute Gasteiger partial charge is 0.445 e. The van der Waals surface area contributed by atoms with Crippen LogP contribution in [0.4, 0.5) is 5.13 Å². The van der Waals surface area contributed by atoms with Crippen molar-refractivity contribution >= 4 is 34.1 Å². The van der Waals surface area contributed by atoms with Crippen LogP contribution in [0.15, 0.2) is 45.5 Å². The highest BCUT2D eigenvalue weighted by Crippen LogP contribution is 2.30. The predicted octanol–water partition coefficient (Wildman–Crippen LogP) is 3.63. The van der Waals surface area contributed by atoms with Crippen molar-refractivity contribution in [2.75, 3.05) is 5.32 Å². The van der Waals surface area contributed by atoms with Crippen LogP contribution in [-0.4, -0.2) is 20.9 Å². The molecule has 0 bridgehead atoms. The zero-order chi connectivity index (χ0) is 16.1. The summed E-state index contributed by atoms with van der Waals surface area (Å²) in [4.78, 5) is 24.4. The van der Waals surface area contributed by atoms with Gasteiger partial charge in [0.15, 0.2) is 5.13 Å². The number of carbonyl (C=O) groups is 1. The fraction of sp³-hybridized carbons (Fsp3) is 0.200. The number of pyridine rings is 1. The van der Waals surface area contributed by atoms with Gasteiger partial charge in [0.25, 0.3) is 5.91 Å². The van der Waals surface area contributed by atoms with Crippen molar-refractivity contribution in [3.05, 3.63) is 54.1 Å². The highest BCUT2D eigenvalue weighted by Gasteiger charge is 2.10. The summed E-state index contributed by atoms with van der Waals surface area (Å²) in [7, 11) is 0. The van der Waals surface area contributed by atoms with Crippen molar-refractivity contribution in [2.45, 2.75) is 23.3 Å². The van der Waals surface area contributed by atoms with E-state index in [1.54, 1.807) is 42.5 Å². The van der Waals surface area contributed by atoms with E-state index in [1.807, 2.05) is 6.92 Å². The molecule has 0 aromatic carbocycles. The van der Waals surface area contributed by atoms with Crippen molar-refractivity contribution in [1.82, 2.24) is 15.0 Å². The average Bonchev–Trinajstić information content (AvgIpc) is 3.22. The number of rotatable bonds is 6. The molecule has 118 valence electrons. The molecule has 3 aromatic heterocycles. The number of anilines is 1. The van der Waals surface area contributed by atoms with Gasteiger partial charge in [-0.3, -0.25) is 15.1 Å². The smallest absolute Gasteiger partial charge is 0.259 e. The Morgan fingerprint density at radius 3 is 3.00 bits per heavy atom. The van der Waals surface area contributed by atoms with E-state index in [9.17, 15) is 4.79 Å². The van der Waals surface area contributed by atoms with Gasteiger partial charge >= 0.3 is 0 Å². The van der Waals surface area contributed by atoms with E-state index in [1.165, 1.54) is 17.5 Å². The summed E-state index contributed by atoms with van der Waals surface area (Å²) < 4.78 is 6.55. The molecule has 23 heavy (non-hydrogen) atoms. The molecule has 3 aromatic rings. The Hall–Kier alpha value is -2.19. The Kier molecular flexibility index (Phi) is 5.04. The number of thiazole rings is 1. The van der Waals surface area contributed by atoms with Gasteiger partial charge in [0, 0.05) is 18.8 Å². The van der Waals surface area contributed by atoms with Crippen LogP contribution < -0.4 is 5.32 Å². The molecule has 0 spiro atoms. The van der Waals surface area contributed by atoms with Crippen molar-refractivity contribution < 1.29 is 9.21 Å². The van der Waals surface area contributed by atoms with E-state index in [2.05, 4.69) is 20.3 Å². The van der Waals surface area contributed by atoms with Crippen LogP contribution in [0.3, 0.4) is 0 Å². The summed E-state index contributed by atoms with van der Waals surface area (Å²) in [6.45, 7) is 2.03. The van der Waals surface area contributed by atoms with Crippen LogP contribution in [-0.2, 0) is 12.2 Å². The molecule has 0 saturated carbocycles. The lowest BCUT2D eigenvalue weighted by atomic mass is 10.3. The number of nitrogens with one attached hydrogen (secondary N) is 1. The van der Waals surface area contributed by atoms with Crippen LogP contribution in [0.1, 0.15) is 28.9 Å². The predicted molar refractivity (Wildman–Crippen MR) is 89.7 cm³/mol. The van der Waals surface area contributed by atoms with E-state index in [4.69, 9.17) is 4.42 Å². The first-order valence-electron chi connectivity index (χ1n) is 6.98. The average molecular weight is 346 g/mol. The van der Waals surface area contributed by atoms with Gasteiger partial charge in [-0.2, -0.15) is 0 Å². The molecule has 0 radical (unpaired) electrons. The summed E-state index contributed by atoms with van der Waals surface area (Å²) in [5.74, 6) is 2.00. The van der Waals surface area contributed by atoms with Gasteiger partial charge < -0.3 is 4.42 Å². The van der Waals surface area contributed by atoms with Crippen LogP contribution >= 0.6 is 23.1 Å². The molecule has 6 nitrogen and oxygen atoms in total. The van der Waals surface area contributed by atoms with E-state index >= 15 is 0 Å². The second kappa shape index (κ2) is 7.38. The minimum absolute atomic E-state index is 0.218. The SMILES string of the molecule is CCc1cnc(CSc2cnc(NC(=O)c3cccnc3)s2)o1. The minimum atomic E-state index is -0.218. The van der Waals surface area contributed by atoms with E-state index in [0.717, 1.165) is 16.4 Å². The van der Waals surface area contributed by atoms with Crippen molar-refractivity contribution in [1.29, 1.82) is 0 Å². The van der Waals surface area contributed by atoms with Gasteiger partial charge in [-0.25, -0.2) is 9.97 Å². The lowest BCUT2D eigenvalue weighted by molar-refractivity contribution is 0.102. The maximum Gasteiger partial charge on any atom is 0.259 e. The first kappa shape index (κ1) is 15.7. The van der Waals surface area contributed by atoms with Crippen LogP contribution in [0.25, 0.3) is 0 Å². The Balaban J connectivity index is 1.56. The molecule has 0 aliphatic rings. The summed E-state index contributed by atoms with van der Waals surface area (Å²) in [5.41, 5.74) is 0.504. The number of aryl methyl sites for hydroxylation is 1. The third-order valence-electron chi connectivity index (χ3n) is 2.92. The van der Waals surface area contributed by atoms with Gasteiger partial charge in [0.1, 0.15) is 5.76 Å². The third-order valence-corrected chi connectivity index (χ3v) is 5.01. The van der Waals surface area contributed by atoms with Crippen molar-refractivity contribution in [3.8, 4) is 0 Å². The molecule has 0 aliphatic carbocycles. The van der Waals surface area contributed by atoms with Gasteiger partial charge in [-0.05, 0) is 12.1 Å². The Morgan fingerprint density at radius 2 is 2.26 bits per heavy atom. The Morgan fingerprint density at radius 1 is 1.35 bits per heavy atom. The van der Waals surface area contributed by atoms with Gasteiger partial charge in [0.2, 0.25) is 5.89 Å². The molecule has 0 aliphatic heterocycles. The molecule has 1 amide bonds. The van der Waals surface area contributed by atoms with E-state index < -0.39 is 0 Å². The molecule has 1 N–H and O–H groups in total. The lowest BCUT2D eigenvalue weighted by Gasteiger charge is -1.99. The number of hydrogen-bond acceptors (Lipinski definition) is 7. The standard InChI is InChI=1S/C15H14N4O2S2/c1-2-11-7-17-12(21-11)9-22-13-8-18-15(23-13)19-14(20)10-4-3-5-16-6-10/h3-8H,2,9H2,1H3,(H,18,19,20). The molecule has 0 saturated heterocycles. The van der Waals surface area contributed by atoms with Gasteiger partial charge in [-0.15, -0.1) is 11.8 Å². The first-order chi connectivity index (χ1) is 11.2. The normalized spacial score (nSPS) is 10.7. The molecular formula is C15H14N4O2S2. The summed E-state index contributed by atoms with van der Waals surface area (Å²) >= 11 is 2.99. The monoisotopic (exact) mass is 346 g/mol. The maximum absolute atomic E-state index is 12.0. The minimum Gasteiger partial charge on any atom is -0.445 e. The second-order valence-electron chi connectivity index (χ2n) is 4.54. The topological polar surface area (TPSA) is 80.9 Å². The number of amides is 1. The Labute approximate surface area is 141 Å². The van der Waals surface area contributed by atoms with Gasteiger partial charge in [-0.1, -0.05) is 18.3 Å². The molecule has 0 fully saturated rings. The maximum atomic E-state index is 12.0. The molecule has 8 heteroatoms. The highest BCUT2D eigenvalue weighted by molar-refractivity contribution is 8.00. The van der Waals surface area contributed by atoms with Gasteiger partial charge in [0.05, 0.1) is 27.9 Å². The first-order valence-corrected chi connectivity index (χ1v) is 8.78. The number of aromatic nitrogens is 3. The van der Waals surface area contributed by atoms with Crippen LogP contribution in [0.5, 0.6) is 0 Å². The summed E-state index contributed by atoms with van der Waals surface area (Å²) in [6, 6.07) is 3.43. The fourth-order valence-corrected chi connectivity index (χ4v) is 3.48. The van der Waals surface area contributed by atoms with Crippen LogP contribution in [0, 0.1) is 0 Å². The third kappa shape index (κ3) is 4.17. The lowest BCUT2D eigenvalue weighted by Crippen LogP contribution is -2.11. The molecule has 0 unspecified atom stereocenters. The number of thioether (sulfide) groups is 1. The zero-order valence-corrected chi connectivity index (χ0v) is 14.0. The highest BCUT2D eigenvalue weighted by atomic mass is 32.2. The number of hydrogen-bond donors (Lipinski definition) is 1. The summed E-state index contributed by atoms with van der Waals surface area (Å²) in [5, 5.41) is 3.32. The van der Waals surface area contributed by atoms with E-state index in [0.29, 0.717) is 22.3 Å². The summed E-state index contributed by atoms with van der Waals surface area (Å²) in [6.07, 6.45) is 7.47. The molecule has 0 atom stereocenters. The molecule has 3 heterocycles. The quantitative estimate of drug-likeness (QED) is 0.686. The zero-order valence-electron chi connectivity index (χ0n) is 12.4. The van der Waals surface area contributed by atoms with Crippen LogP contribution in [0.2, 0.25) is 0 Å². The molecular weight excluding hydrogens is 332 g/mol. The van der Waals surface area contributed by atoms with Crippen molar-refractivity contribution in [3.63, 3.8) is 0 Å². The van der Waals surface area contributed by atoms with Crippen molar-refractivity contribution in [2.24, 2.45) is 0 Å². The molecule has 3 rings (SSSR count). The fourth-order valence-electron chi connectivity index (χ4n) is 1.76. The number of nitrogens with zero attached hydrogens (tertiary/aromatic N) is 3. The second-order valence-corrected chi connectivity index (χ2v) is 6.85. The van der Waals surface area contributed by atoms with E-state index in [-0.39, 0.29) is 5.91 Å². The Bertz CT molecular complexity index is 786.